The Morgan fingerprint density at radius 1 is 1.12 bits per heavy atom. The van der Waals surface area contributed by atoms with Gasteiger partial charge in [-0.15, -0.1) is 11.3 Å². The van der Waals surface area contributed by atoms with Gasteiger partial charge in [-0.1, -0.05) is 35.9 Å². The van der Waals surface area contributed by atoms with Gasteiger partial charge in [-0.3, -0.25) is 9.69 Å². The first-order valence-electron chi connectivity index (χ1n) is 8.16. The predicted molar refractivity (Wildman–Crippen MR) is 103 cm³/mol. The average Bonchev–Trinajstić information content (AvgIpc) is 3.06. The lowest BCUT2D eigenvalue weighted by Gasteiger charge is -2.21. The molecule has 26 heavy (non-hydrogen) atoms. The molecule has 134 valence electrons. The topological polar surface area (TPSA) is 33.2 Å². The van der Waals surface area contributed by atoms with Crippen molar-refractivity contribution in [2.75, 3.05) is 0 Å². The molecule has 3 aromatic rings. The van der Waals surface area contributed by atoms with E-state index in [1.165, 1.54) is 30.4 Å². The molecule has 1 heterocycles. The fourth-order valence-corrected chi connectivity index (χ4v) is 3.73. The summed E-state index contributed by atoms with van der Waals surface area (Å²) >= 11 is 7.57. The summed E-state index contributed by atoms with van der Waals surface area (Å²) in [6.07, 6.45) is 0. The Labute approximate surface area is 161 Å². The Morgan fingerprint density at radius 2 is 1.85 bits per heavy atom. The molecule has 0 amide bonds. The summed E-state index contributed by atoms with van der Waals surface area (Å²) in [6, 6.07) is 14.2. The van der Waals surface area contributed by atoms with Gasteiger partial charge in [-0.2, -0.15) is 0 Å². The lowest BCUT2D eigenvalue weighted by molar-refractivity contribution is 0.101. The van der Waals surface area contributed by atoms with Crippen molar-refractivity contribution in [2.24, 2.45) is 0 Å². The fraction of sp³-hybridized carbons (Fsp3) is 0.200. The molecule has 0 spiro atoms. The molecule has 0 N–H and O–H groups in total. The van der Waals surface area contributed by atoms with Crippen LogP contribution in [0.2, 0.25) is 5.02 Å². The minimum atomic E-state index is -0.249. The van der Waals surface area contributed by atoms with E-state index in [9.17, 15) is 9.18 Å². The van der Waals surface area contributed by atoms with Crippen molar-refractivity contribution in [3.05, 3.63) is 86.6 Å². The zero-order valence-corrected chi connectivity index (χ0v) is 15.9. The lowest BCUT2D eigenvalue weighted by atomic mass is 10.1. The van der Waals surface area contributed by atoms with Gasteiger partial charge in [0.2, 0.25) is 0 Å². The molecule has 0 fully saturated rings. The van der Waals surface area contributed by atoms with Crippen LogP contribution in [0.4, 0.5) is 4.39 Å². The number of carbonyl (C=O) groups is 1. The van der Waals surface area contributed by atoms with Crippen LogP contribution in [-0.4, -0.2) is 15.7 Å². The van der Waals surface area contributed by atoms with Gasteiger partial charge in [0.15, 0.2) is 5.78 Å². The molecule has 0 radical (unpaired) electrons. The molecule has 0 unspecified atom stereocenters. The minimum Gasteiger partial charge on any atom is -0.293 e. The van der Waals surface area contributed by atoms with Crippen LogP contribution in [0.3, 0.4) is 0 Å². The molecule has 0 saturated heterocycles. The molecule has 0 aliphatic rings. The average molecular weight is 389 g/mol. The van der Waals surface area contributed by atoms with E-state index in [1.807, 2.05) is 24.3 Å². The highest BCUT2D eigenvalue weighted by molar-refractivity contribution is 7.09. The maximum Gasteiger partial charge on any atom is 0.178 e. The van der Waals surface area contributed by atoms with E-state index in [2.05, 4.69) is 9.88 Å². The van der Waals surface area contributed by atoms with E-state index in [4.69, 9.17) is 11.6 Å². The van der Waals surface area contributed by atoms with Crippen molar-refractivity contribution in [1.82, 2.24) is 9.88 Å². The van der Waals surface area contributed by atoms with Crippen LogP contribution in [-0.2, 0) is 19.6 Å². The molecule has 0 saturated carbocycles. The summed E-state index contributed by atoms with van der Waals surface area (Å²) in [6.45, 7) is 3.43. The Bertz CT molecular complexity index is 895. The largest absolute Gasteiger partial charge is 0.293 e. The Balaban J connectivity index is 1.79. The number of benzene rings is 2. The first-order valence-corrected chi connectivity index (χ1v) is 9.42. The second-order valence-corrected chi connectivity index (χ2v) is 7.46. The second kappa shape index (κ2) is 8.54. The summed E-state index contributed by atoms with van der Waals surface area (Å²) in [5, 5.41) is 3.35. The number of hydrogen-bond acceptors (Lipinski definition) is 4. The number of thiazole rings is 1. The van der Waals surface area contributed by atoms with Crippen LogP contribution in [0.15, 0.2) is 53.9 Å². The number of ketones is 1. The predicted octanol–water partition coefficient (Wildman–Crippen LogP) is 5.34. The molecule has 3 rings (SSSR count). The van der Waals surface area contributed by atoms with Crippen LogP contribution < -0.4 is 0 Å². The molecular weight excluding hydrogens is 371 g/mol. The number of hydrogen-bond donors (Lipinski definition) is 0. The molecular formula is C20H18ClFN2OS. The summed E-state index contributed by atoms with van der Waals surface area (Å²) in [5.74, 6) is -0.284. The summed E-state index contributed by atoms with van der Waals surface area (Å²) < 4.78 is 13.2. The molecule has 1 aromatic heterocycles. The van der Waals surface area contributed by atoms with Crippen molar-refractivity contribution in [3.8, 4) is 0 Å². The van der Waals surface area contributed by atoms with Crippen LogP contribution in [0.1, 0.15) is 33.5 Å². The quantitative estimate of drug-likeness (QED) is 0.512. The number of rotatable bonds is 7. The van der Waals surface area contributed by atoms with Gasteiger partial charge in [-0.05, 0) is 35.4 Å². The van der Waals surface area contributed by atoms with Crippen molar-refractivity contribution in [3.63, 3.8) is 0 Å². The van der Waals surface area contributed by atoms with Crippen molar-refractivity contribution in [2.45, 2.75) is 26.6 Å². The monoisotopic (exact) mass is 388 g/mol. The van der Waals surface area contributed by atoms with E-state index in [0.717, 1.165) is 16.1 Å². The van der Waals surface area contributed by atoms with Crippen LogP contribution >= 0.6 is 22.9 Å². The molecule has 0 atom stereocenters. The number of halogens is 2. The van der Waals surface area contributed by atoms with Crippen molar-refractivity contribution in [1.29, 1.82) is 0 Å². The van der Waals surface area contributed by atoms with E-state index in [-0.39, 0.29) is 11.6 Å². The third-order valence-corrected chi connectivity index (χ3v) is 4.95. The first-order chi connectivity index (χ1) is 12.5. The second-order valence-electron chi connectivity index (χ2n) is 6.08. The SMILES string of the molecule is CC(=O)c1csc(CN(Cc2ccc(F)cc2)Cc2cccc(Cl)c2)n1. The zero-order chi connectivity index (χ0) is 18.5. The van der Waals surface area contributed by atoms with Crippen molar-refractivity contribution >= 4 is 28.7 Å². The molecule has 0 aliphatic heterocycles. The first kappa shape index (κ1) is 18.7. The van der Waals surface area contributed by atoms with Crippen LogP contribution in [0, 0.1) is 5.82 Å². The standard InChI is InChI=1S/C20H18ClFN2OS/c1-14(25)19-13-26-20(23-19)12-24(10-15-5-7-18(22)8-6-15)11-16-3-2-4-17(21)9-16/h2-9,13H,10-12H2,1H3. The van der Waals surface area contributed by atoms with E-state index < -0.39 is 0 Å². The zero-order valence-electron chi connectivity index (χ0n) is 14.3. The molecule has 2 aromatic carbocycles. The van der Waals surface area contributed by atoms with E-state index in [0.29, 0.717) is 30.4 Å². The highest BCUT2D eigenvalue weighted by Gasteiger charge is 2.13. The normalized spacial score (nSPS) is 11.1. The fourth-order valence-electron chi connectivity index (χ4n) is 2.65. The van der Waals surface area contributed by atoms with Gasteiger partial charge >= 0.3 is 0 Å². The minimum absolute atomic E-state index is 0.0348. The van der Waals surface area contributed by atoms with Crippen LogP contribution in [0.25, 0.3) is 0 Å². The lowest BCUT2D eigenvalue weighted by Crippen LogP contribution is -2.22. The Morgan fingerprint density at radius 3 is 2.50 bits per heavy atom. The van der Waals surface area contributed by atoms with Crippen molar-refractivity contribution < 1.29 is 9.18 Å². The van der Waals surface area contributed by atoms with Gasteiger partial charge in [0.1, 0.15) is 16.5 Å². The number of Topliss-reactive ketones (excluding diaryl/α,β-unsaturated/α-hetero) is 1. The highest BCUT2D eigenvalue weighted by Crippen LogP contribution is 2.19. The summed E-state index contributed by atoms with van der Waals surface area (Å²) in [7, 11) is 0. The third-order valence-electron chi connectivity index (χ3n) is 3.89. The maximum atomic E-state index is 13.2. The van der Waals surface area contributed by atoms with Crippen LogP contribution in [0.5, 0.6) is 0 Å². The Hall–Kier alpha value is -2.08. The van der Waals surface area contributed by atoms with E-state index in [1.54, 1.807) is 17.5 Å². The van der Waals surface area contributed by atoms with E-state index >= 15 is 0 Å². The number of nitrogens with zero attached hydrogens (tertiary/aromatic N) is 2. The third kappa shape index (κ3) is 5.21. The molecule has 3 nitrogen and oxygen atoms in total. The molecule has 0 bridgehead atoms. The summed E-state index contributed by atoms with van der Waals surface area (Å²) in [5.41, 5.74) is 2.59. The van der Waals surface area contributed by atoms with Gasteiger partial charge in [0.05, 0.1) is 6.54 Å². The van der Waals surface area contributed by atoms with Gasteiger partial charge in [-0.25, -0.2) is 9.37 Å². The summed E-state index contributed by atoms with van der Waals surface area (Å²) in [4.78, 5) is 18.1. The molecule has 6 heteroatoms. The van der Waals surface area contributed by atoms with Gasteiger partial charge < -0.3 is 0 Å². The maximum absolute atomic E-state index is 13.2. The van der Waals surface area contributed by atoms with Gasteiger partial charge in [0, 0.05) is 30.4 Å². The number of aromatic nitrogens is 1. The smallest absolute Gasteiger partial charge is 0.178 e. The molecule has 0 aliphatic carbocycles. The number of carbonyl (C=O) groups excluding carboxylic acids is 1. The highest BCUT2D eigenvalue weighted by atomic mass is 35.5. The Kier molecular flexibility index (Phi) is 6.14. The van der Waals surface area contributed by atoms with Gasteiger partial charge in [0.25, 0.3) is 0 Å².